The molecule has 2 atom stereocenters. The van der Waals surface area contributed by atoms with Crippen molar-refractivity contribution < 1.29 is 18.9 Å². The Morgan fingerprint density at radius 2 is 1.92 bits per heavy atom. The van der Waals surface area contributed by atoms with E-state index in [1.807, 2.05) is 0 Å². The van der Waals surface area contributed by atoms with Crippen LogP contribution in [0.2, 0.25) is 0 Å². The van der Waals surface area contributed by atoms with Gasteiger partial charge in [0.05, 0.1) is 18.1 Å². The van der Waals surface area contributed by atoms with Gasteiger partial charge >= 0.3 is 5.63 Å². The van der Waals surface area contributed by atoms with E-state index in [0.29, 0.717) is 24.9 Å². The lowest BCUT2D eigenvalue weighted by Gasteiger charge is -2.34. The topological polar surface area (TPSA) is 103 Å². The van der Waals surface area contributed by atoms with Gasteiger partial charge in [0.1, 0.15) is 5.56 Å². The summed E-state index contributed by atoms with van der Waals surface area (Å²) in [7, 11) is 1.33. The van der Waals surface area contributed by atoms with E-state index < -0.39 is 16.5 Å². The van der Waals surface area contributed by atoms with Crippen molar-refractivity contribution in [1.29, 1.82) is 0 Å². The first-order valence-corrected chi connectivity index (χ1v) is 8.39. The van der Waals surface area contributed by atoms with Crippen molar-refractivity contribution in [3.05, 3.63) is 44.3 Å². The van der Waals surface area contributed by atoms with Crippen LogP contribution < -0.4 is 10.4 Å². The summed E-state index contributed by atoms with van der Waals surface area (Å²) in [5.41, 5.74) is -1.02. The molecular formula is C18H20N2O6. The lowest BCUT2D eigenvalue weighted by molar-refractivity contribution is -0.384. The molecule has 2 aromatic rings. The van der Waals surface area contributed by atoms with Gasteiger partial charge < -0.3 is 14.1 Å². The summed E-state index contributed by atoms with van der Waals surface area (Å²) in [5, 5.41) is 11.4. The Labute approximate surface area is 149 Å². The number of carbonyl (C=O) groups is 1. The average Bonchev–Trinajstić information content (AvgIpc) is 2.58. The molecule has 3 rings (SSSR count). The van der Waals surface area contributed by atoms with Crippen LogP contribution in [-0.4, -0.2) is 35.9 Å². The zero-order valence-corrected chi connectivity index (χ0v) is 14.9. The molecule has 0 unspecified atom stereocenters. The SMILES string of the molecule is COc1cc([N+](=O)[O-])cc2cc(C(=O)N3C[C@@H](C)C[C@H](C)C3)c(=O)oc12. The summed E-state index contributed by atoms with van der Waals surface area (Å²) in [5.74, 6) is 0.350. The predicted octanol–water partition coefficient (Wildman–Crippen LogP) is 2.83. The molecule has 1 fully saturated rings. The van der Waals surface area contributed by atoms with E-state index >= 15 is 0 Å². The van der Waals surface area contributed by atoms with Crippen molar-refractivity contribution in [3.8, 4) is 5.75 Å². The number of benzene rings is 1. The Bertz CT molecular complexity index is 925. The minimum atomic E-state index is -0.777. The van der Waals surface area contributed by atoms with Crippen molar-refractivity contribution >= 4 is 22.6 Å². The number of fused-ring (bicyclic) bond motifs is 1. The van der Waals surface area contributed by atoms with Gasteiger partial charge in [-0.3, -0.25) is 14.9 Å². The number of hydrogen-bond donors (Lipinski definition) is 0. The van der Waals surface area contributed by atoms with Crippen LogP contribution in [0.25, 0.3) is 11.0 Å². The normalized spacial score (nSPS) is 20.2. The van der Waals surface area contributed by atoms with Crippen LogP contribution in [0.1, 0.15) is 30.6 Å². The second kappa shape index (κ2) is 6.78. The number of likely N-dealkylation sites (tertiary alicyclic amines) is 1. The molecule has 8 heteroatoms. The molecule has 0 N–H and O–H groups in total. The first-order valence-electron chi connectivity index (χ1n) is 8.39. The van der Waals surface area contributed by atoms with Crippen molar-refractivity contribution in [2.45, 2.75) is 20.3 Å². The van der Waals surface area contributed by atoms with Crippen molar-refractivity contribution in [2.75, 3.05) is 20.2 Å². The highest BCUT2D eigenvalue weighted by molar-refractivity contribution is 5.98. The summed E-state index contributed by atoms with van der Waals surface area (Å²) in [6, 6.07) is 3.79. The highest BCUT2D eigenvalue weighted by Gasteiger charge is 2.28. The van der Waals surface area contributed by atoms with E-state index in [-0.39, 0.29) is 28.0 Å². The van der Waals surface area contributed by atoms with Crippen LogP contribution in [0.15, 0.2) is 27.4 Å². The molecule has 1 aromatic carbocycles. The first-order chi connectivity index (χ1) is 12.3. The Balaban J connectivity index is 2.09. The van der Waals surface area contributed by atoms with Crippen molar-refractivity contribution in [1.82, 2.24) is 4.90 Å². The molecule has 1 aliphatic rings. The second-order valence-corrected chi connectivity index (χ2v) is 6.93. The zero-order valence-electron chi connectivity index (χ0n) is 14.9. The molecule has 0 bridgehead atoms. The van der Waals surface area contributed by atoms with E-state index in [1.54, 1.807) is 4.90 Å². The molecule has 1 saturated heterocycles. The number of rotatable bonds is 3. The third-order valence-corrected chi connectivity index (χ3v) is 4.60. The van der Waals surface area contributed by atoms with E-state index in [1.165, 1.54) is 25.3 Å². The third kappa shape index (κ3) is 3.26. The molecule has 8 nitrogen and oxygen atoms in total. The smallest absolute Gasteiger partial charge is 0.349 e. The number of nitrogens with zero attached hydrogens (tertiary/aromatic N) is 2. The van der Waals surface area contributed by atoms with Crippen LogP contribution in [0.3, 0.4) is 0 Å². The summed E-state index contributed by atoms with van der Waals surface area (Å²) < 4.78 is 10.4. The van der Waals surface area contributed by atoms with Gasteiger partial charge in [-0.25, -0.2) is 4.79 Å². The number of carbonyl (C=O) groups excluding carboxylic acids is 1. The fourth-order valence-electron chi connectivity index (χ4n) is 3.59. The summed E-state index contributed by atoms with van der Waals surface area (Å²) in [6.45, 7) is 5.26. The number of nitro benzene ring substituents is 1. The number of nitro groups is 1. The summed E-state index contributed by atoms with van der Waals surface area (Å²) in [6.07, 6.45) is 1.03. The van der Waals surface area contributed by atoms with Crippen molar-refractivity contribution in [3.63, 3.8) is 0 Å². The number of hydrogen-bond acceptors (Lipinski definition) is 6. The number of methoxy groups -OCH3 is 1. The van der Waals surface area contributed by atoms with E-state index in [4.69, 9.17) is 9.15 Å². The molecular weight excluding hydrogens is 340 g/mol. The van der Waals surface area contributed by atoms with Crippen LogP contribution in [-0.2, 0) is 0 Å². The quantitative estimate of drug-likeness (QED) is 0.474. The van der Waals surface area contributed by atoms with Crippen LogP contribution in [0.4, 0.5) is 5.69 Å². The Morgan fingerprint density at radius 1 is 1.27 bits per heavy atom. The Kier molecular flexibility index (Phi) is 4.67. The maximum Gasteiger partial charge on any atom is 0.349 e. The molecule has 26 heavy (non-hydrogen) atoms. The largest absolute Gasteiger partial charge is 0.493 e. The molecule has 1 aromatic heterocycles. The monoisotopic (exact) mass is 360 g/mol. The van der Waals surface area contributed by atoms with E-state index in [2.05, 4.69) is 13.8 Å². The second-order valence-electron chi connectivity index (χ2n) is 6.93. The standard InChI is InChI=1S/C18H20N2O6/c1-10-4-11(2)9-19(8-10)17(21)14-6-12-5-13(20(23)24)7-15(25-3)16(12)26-18(14)22/h5-7,10-11H,4,8-9H2,1-3H3/t10-,11-/m0/s1. The molecule has 0 aliphatic carbocycles. The molecule has 0 spiro atoms. The molecule has 0 saturated carbocycles. The van der Waals surface area contributed by atoms with Gasteiger partial charge in [-0.15, -0.1) is 0 Å². The van der Waals surface area contributed by atoms with E-state index in [0.717, 1.165) is 6.42 Å². The van der Waals surface area contributed by atoms with E-state index in [9.17, 15) is 19.7 Å². The highest BCUT2D eigenvalue weighted by atomic mass is 16.6. The van der Waals surface area contributed by atoms with Gasteiger partial charge in [-0.1, -0.05) is 13.8 Å². The molecule has 138 valence electrons. The summed E-state index contributed by atoms with van der Waals surface area (Å²) >= 11 is 0. The first kappa shape index (κ1) is 17.9. The fraction of sp³-hybridized carbons (Fsp3) is 0.444. The summed E-state index contributed by atoms with van der Waals surface area (Å²) in [4.78, 5) is 37.4. The number of non-ortho nitro benzene ring substituents is 1. The number of ether oxygens (including phenoxy) is 1. The van der Waals surface area contributed by atoms with Gasteiger partial charge in [0.25, 0.3) is 11.6 Å². The van der Waals surface area contributed by atoms with Gasteiger partial charge in [-0.05, 0) is 24.3 Å². The maximum absolute atomic E-state index is 12.8. The van der Waals surface area contributed by atoms with Crippen LogP contribution >= 0.6 is 0 Å². The molecule has 1 amide bonds. The lowest BCUT2D eigenvalue weighted by atomic mass is 9.91. The van der Waals surface area contributed by atoms with Gasteiger partial charge in [0.15, 0.2) is 11.3 Å². The molecule has 1 aliphatic heterocycles. The van der Waals surface area contributed by atoms with Gasteiger partial charge in [0, 0.05) is 24.5 Å². The minimum absolute atomic E-state index is 0.0746. The maximum atomic E-state index is 12.8. The Morgan fingerprint density at radius 3 is 2.50 bits per heavy atom. The van der Waals surface area contributed by atoms with Crippen LogP contribution in [0, 0.1) is 22.0 Å². The Hall–Kier alpha value is -2.90. The predicted molar refractivity (Wildman–Crippen MR) is 94.5 cm³/mol. The van der Waals surface area contributed by atoms with Crippen molar-refractivity contribution in [2.24, 2.45) is 11.8 Å². The molecule has 0 radical (unpaired) electrons. The highest BCUT2D eigenvalue weighted by Crippen LogP contribution is 2.31. The molecule has 2 heterocycles. The lowest BCUT2D eigenvalue weighted by Crippen LogP contribution is -2.43. The van der Waals surface area contributed by atoms with Crippen LogP contribution in [0.5, 0.6) is 5.75 Å². The fourth-order valence-corrected chi connectivity index (χ4v) is 3.59. The zero-order chi connectivity index (χ0) is 19.0. The average molecular weight is 360 g/mol. The van der Waals surface area contributed by atoms with Gasteiger partial charge in [-0.2, -0.15) is 0 Å². The van der Waals surface area contributed by atoms with Gasteiger partial charge in [0.2, 0.25) is 0 Å². The number of piperidine rings is 1. The minimum Gasteiger partial charge on any atom is -0.493 e. The number of amides is 1. The third-order valence-electron chi connectivity index (χ3n) is 4.60.